The Hall–Kier alpha value is -1.06. The number of carbonyl (C=O) groups excluding carboxylic acids is 1. The Kier molecular flexibility index (Phi) is 4.33. The molecular formula is C12H21NO3. The van der Waals surface area contributed by atoms with E-state index in [1.165, 1.54) is 26.2 Å². The predicted molar refractivity (Wildman–Crippen MR) is 61.0 cm³/mol. The third-order valence-corrected chi connectivity index (χ3v) is 3.40. The molecule has 1 rings (SSSR count). The molecule has 16 heavy (non-hydrogen) atoms. The summed E-state index contributed by atoms with van der Waals surface area (Å²) in [5.74, 6) is -1.12. The zero-order chi connectivity index (χ0) is 12.2. The van der Waals surface area contributed by atoms with Gasteiger partial charge in [0, 0.05) is 6.42 Å². The van der Waals surface area contributed by atoms with Crippen LogP contribution in [0, 0.1) is 5.41 Å². The van der Waals surface area contributed by atoms with Crippen molar-refractivity contribution in [3.8, 4) is 0 Å². The fraction of sp³-hybridized carbons (Fsp3) is 0.833. The van der Waals surface area contributed by atoms with E-state index >= 15 is 0 Å². The third kappa shape index (κ3) is 3.83. The molecular weight excluding hydrogens is 206 g/mol. The van der Waals surface area contributed by atoms with Gasteiger partial charge in [-0.2, -0.15) is 0 Å². The van der Waals surface area contributed by atoms with Crippen molar-refractivity contribution in [3.05, 3.63) is 0 Å². The lowest BCUT2D eigenvalue weighted by atomic mass is 9.73. The highest BCUT2D eigenvalue weighted by atomic mass is 16.4. The van der Waals surface area contributed by atoms with Crippen LogP contribution in [-0.2, 0) is 9.59 Å². The monoisotopic (exact) mass is 227 g/mol. The Morgan fingerprint density at radius 3 is 2.38 bits per heavy atom. The molecule has 0 spiro atoms. The van der Waals surface area contributed by atoms with E-state index in [-0.39, 0.29) is 11.3 Å². The van der Waals surface area contributed by atoms with Gasteiger partial charge < -0.3 is 10.4 Å². The van der Waals surface area contributed by atoms with Crippen molar-refractivity contribution >= 4 is 11.9 Å². The van der Waals surface area contributed by atoms with Gasteiger partial charge in [-0.05, 0) is 25.2 Å². The summed E-state index contributed by atoms with van der Waals surface area (Å²) in [5, 5.41) is 11.2. The third-order valence-electron chi connectivity index (χ3n) is 3.40. The van der Waals surface area contributed by atoms with E-state index in [1.807, 2.05) is 0 Å². The van der Waals surface area contributed by atoms with Gasteiger partial charge in [0.05, 0.1) is 0 Å². The zero-order valence-corrected chi connectivity index (χ0v) is 10.1. The van der Waals surface area contributed by atoms with Crippen molar-refractivity contribution in [2.75, 3.05) is 0 Å². The lowest BCUT2D eigenvalue weighted by Gasteiger charge is -2.33. The van der Waals surface area contributed by atoms with Crippen LogP contribution in [0.15, 0.2) is 0 Å². The molecule has 0 aliphatic heterocycles. The van der Waals surface area contributed by atoms with Crippen molar-refractivity contribution in [2.24, 2.45) is 5.41 Å². The van der Waals surface area contributed by atoms with Gasteiger partial charge in [0.2, 0.25) is 5.91 Å². The van der Waals surface area contributed by atoms with Crippen molar-refractivity contribution in [1.82, 2.24) is 5.32 Å². The summed E-state index contributed by atoms with van der Waals surface area (Å²) in [6.45, 7) is 3.61. The maximum absolute atomic E-state index is 11.7. The molecule has 0 heterocycles. The number of carboxylic acid groups (broad SMARTS) is 1. The van der Waals surface area contributed by atoms with Crippen molar-refractivity contribution in [3.63, 3.8) is 0 Å². The number of hydrogen-bond acceptors (Lipinski definition) is 2. The highest BCUT2D eigenvalue weighted by molar-refractivity contribution is 5.83. The Morgan fingerprint density at radius 2 is 1.88 bits per heavy atom. The van der Waals surface area contributed by atoms with Crippen LogP contribution < -0.4 is 5.32 Å². The van der Waals surface area contributed by atoms with Crippen molar-refractivity contribution in [2.45, 2.75) is 58.4 Å². The maximum atomic E-state index is 11.7. The van der Waals surface area contributed by atoms with Gasteiger partial charge >= 0.3 is 5.97 Å². The number of amides is 1. The van der Waals surface area contributed by atoms with E-state index in [2.05, 4.69) is 12.2 Å². The number of carboxylic acids is 1. The molecule has 0 aromatic rings. The number of nitrogens with one attached hydrogen (secondary N) is 1. The topological polar surface area (TPSA) is 66.4 Å². The minimum Gasteiger partial charge on any atom is -0.480 e. The van der Waals surface area contributed by atoms with Crippen LogP contribution in [0.1, 0.15) is 52.4 Å². The second-order valence-electron chi connectivity index (χ2n) is 5.18. The van der Waals surface area contributed by atoms with Gasteiger partial charge in [0.25, 0.3) is 0 Å². The zero-order valence-electron chi connectivity index (χ0n) is 10.1. The molecule has 2 N–H and O–H groups in total. The fourth-order valence-corrected chi connectivity index (χ4v) is 2.32. The van der Waals surface area contributed by atoms with E-state index < -0.39 is 12.0 Å². The van der Waals surface area contributed by atoms with Crippen LogP contribution in [0.5, 0.6) is 0 Å². The Labute approximate surface area is 96.4 Å². The lowest BCUT2D eigenvalue weighted by molar-refractivity contribution is -0.141. The molecule has 92 valence electrons. The van der Waals surface area contributed by atoms with E-state index in [0.717, 1.165) is 12.8 Å². The first kappa shape index (κ1) is 13.0. The van der Waals surface area contributed by atoms with Crippen LogP contribution >= 0.6 is 0 Å². The molecule has 1 saturated carbocycles. The molecule has 1 fully saturated rings. The summed E-state index contributed by atoms with van der Waals surface area (Å²) in [4.78, 5) is 22.2. The fourth-order valence-electron chi connectivity index (χ4n) is 2.32. The van der Waals surface area contributed by atoms with Gasteiger partial charge in [-0.25, -0.2) is 0 Å². The summed E-state index contributed by atoms with van der Waals surface area (Å²) in [6.07, 6.45) is 6.20. The largest absolute Gasteiger partial charge is 0.480 e. The molecule has 4 heteroatoms. The first-order chi connectivity index (χ1) is 7.43. The van der Waals surface area contributed by atoms with Gasteiger partial charge in [0.15, 0.2) is 0 Å². The van der Waals surface area contributed by atoms with Crippen LogP contribution in [0.25, 0.3) is 0 Å². The molecule has 1 amide bonds. The summed E-state index contributed by atoms with van der Waals surface area (Å²) in [5.41, 5.74) is 0.0700. The molecule has 0 aromatic carbocycles. The number of hydrogen-bond donors (Lipinski definition) is 2. The quantitative estimate of drug-likeness (QED) is 0.771. The number of aliphatic carboxylic acids is 1. The smallest absolute Gasteiger partial charge is 0.325 e. The molecule has 0 unspecified atom stereocenters. The van der Waals surface area contributed by atoms with Gasteiger partial charge in [-0.1, -0.05) is 26.2 Å². The lowest BCUT2D eigenvalue weighted by Crippen LogP contribution is -2.40. The van der Waals surface area contributed by atoms with Gasteiger partial charge in [0.1, 0.15) is 6.04 Å². The molecule has 0 saturated heterocycles. The Bertz CT molecular complexity index is 269. The minimum absolute atomic E-state index is 0.0700. The molecule has 0 aromatic heterocycles. The molecule has 1 atom stereocenters. The Morgan fingerprint density at radius 1 is 1.31 bits per heavy atom. The molecule has 1 aliphatic rings. The summed E-state index contributed by atoms with van der Waals surface area (Å²) in [7, 11) is 0. The van der Waals surface area contributed by atoms with Gasteiger partial charge in [-0.15, -0.1) is 0 Å². The molecule has 4 nitrogen and oxygen atoms in total. The van der Waals surface area contributed by atoms with Crippen LogP contribution in [0.3, 0.4) is 0 Å². The van der Waals surface area contributed by atoms with Gasteiger partial charge in [-0.3, -0.25) is 9.59 Å². The van der Waals surface area contributed by atoms with Crippen LogP contribution in [0.2, 0.25) is 0 Å². The van der Waals surface area contributed by atoms with Crippen molar-refractivity contribution in [1.29, 1.82) is 0 Å². The second-order valence-corrected chi connectivity index (χ2v) is 5.18. The van der Waals surface area contributed by atoms with E-state index in [4.69, 9.17) is 5.11 Å². The second kappa shape index (κ2) is 5.32. The predicted octanol–water partition coefficient (Wildman–Crippen LogP) is 1.94. The summed E-state index contributed by atoms with van der Waals surface area (Å²) >= 11 is 0. The SMILES string of the molecule is C[C@H](NC(=O)CC1(C)CCCCC1)C(=O)O. The molecule has 1 aliphatic carbocycles. The first-order valence-corrected chi connectivity index (χ1v) is 5.95. The normalized spacial score (nSPS) is 21.1. The van der Waals surface area contributed by atoms with E-state index in [9.17, 15) is 9.59 Å². The average Bonchev–Trinajstić information content (AvgIpc) is 2.17. The van der Waals surface area contributed by atoms with Crippen LogP contribution in [-0.4, -0.2) is 23.0 Å². The highest BCUT2D eigenvalue weighted by Gasteiger charge is 2.30. The van der Waals surface area contributed by atoms with E-state index in [1.54, 1.807) is 0 Å². The molecule has 0 radical (unpaired) electrons. The molecule has 0 bridgehead atoms. The van der Waals surface area contributed by atoms with Crippen LogP contribution in [0.4, 0.5) is 0 Å². The minimum atomic E-state index is -0.984. The first-order valence-electron chi connectivity index (χ1n) is 5.95. The number of rotatable bonds is 4. The van der Waals surface area contributed by atoms with Crippen molar-refractivity contribution < 1.29 is 14.7 Å². The van der Waals surface area contributed by atoms with E-state index in [0.29, 0.717) is 6.42 Å². The number of carbonyl (C=O) groups is 2. The Balaban J connectivity index is 2.41. The average molecular weight is 227 g/mol. The summed E-state index contributed by atoms with van der Waals surface area (Å²) < 4.78 is 0. The highest BCUT2D eigenvalue weighted by Crippen LogP contribution is 2.38. The maximum Gasteiger partial charge on any atom is 0.325 e. The standard InChI is InChI=1S/C12H21NO3/c1-9(11(15)16)13-10(14)8-12(2)6-4-3-5-7-12/h9H,3-8H2,1-2H3,(H,13,14)(H,15,16)/t9-/m0/s1. The summed E-state index contributed by atoms with van der Waals surface area (Å²) in [6, 6.07) is -0.792.